The second-order valence-corrected chi connectivity index (χ2v) is 8.99. The summed E-state index contributed by atoms with van der Waals surface area (Å²) in [6, 6.07) is 0.106. The summed E-state index contributed by atoms with van der Waals surface area (Å²) in [5, 5.41) is 20.4. The molecule has 10 heteroatoms. The molecule has 0 spiro atoms. The molecule has 0 unspecified atom stereocenters. The van der Waals surface area contributed by atoms with Gasteiger partial charge in [-0.05, 0) is 18.9 Å². The monoisotopic (exact) mass is 436 g/mol. The highest BCUT2D eigenvalue weighted by Gasteiger charge is 2.18. The summed E-state index contributed by atoms with van der Waals surface area (Å²) < 4.78 is 5.73. The van der Waals surface area contributed by atoms with E-state index in [4.69, 9.17) is 19.4 Å². The molecule has 2 aromatic rings. The van der Waals surface area contributed by atoms with Crippen LogP contribution in [-0.2, 0) is 5.41 Å². The fourth-order valence-electron chi connectivity index (χ4n) is 2.85. The number of oxazole rings is 1. The zero-order valence-electron chi connectivity index (χ0n) is 17.3. The van der Waals surface area contributed by atoms with E-state index in [1.807, 2.05) is 12.2 Å². The minimum Gasteiger partial charge on any atom is -0.450 e. The Kier molecular flexibility index (Phi) is 8.40. The van der Waals surface area contributed by atoms with Crippen molar-refractivity contribution >= 4 is 40.8 Å². The van der Waals surface area contributed by atoms with Gasteiger partial charge in [-0.3, -0.25) is 5.32 Å². The average molecular weight is 437 g/mol. The minimum atomic E-state index is -1.83. The van der Waals surface area contributed by atoms with Crippen LogP contribution in [0.1, 0.15) is 69.4 Å². The van der Waals surface area contributed by atoms with E-state index in [0.717, 1.165) is 23.5 Å². The maximum atomic E-state index is 12.1. The van der Waals surface area contributed by atoms with Gasteiger partial charge >= 0.3 is 12.2 Å². The highest BCUT2D eigenvalue weighted by molar-refractivity contribution is 7.16. The highest BCUT2D eigenvalue weighted by atomic mass is 32.1. The summed E-state index contributed by atoms with van der Waals surface area (Å²) in [6.45, 7) is 6.25. The Morgan fingerprint density at radius 1 is 1.13 bits per heavy atom. The van der Waals surface area contributed by atoms with Crippen LogP contribution in [-0.4, -0.2) is 38.4 Å². The van der Waals surface area contributed by atoms with Crippen molar-refractivity contribution in [3.8, 4) is 0 Å². The number of anilines is 1. The lowest BCUT2D eigenvalue weighted by molar-refractivity contribution is 0.137. The van der Waals surface area contributed by atoms with E-state index >= 15 is 0 Å². The third-order valence-electron chi connectivity index (χ3n) is 4.34. The number of nitrogens with one attached hydrogen (secondary N) is 2. The lowest BCUT2D eigenvalue weighted by atomic mass is 9.94. The number of rotatable bonds is 4. The second kappa shape index (κ2) is 10.8. The van der Waals surface area contributed by atoms with Crippen LogP contribution in [0.2, 0.25) is 0 Å². The molecule has 2 heterocycles. The molecule has 0 radical (unpaired) electrons. The van der Waals surface area contributed by atoms with Gasteiger partial charge in [-0.1, -0.05) is 51.4 Å². The van der Waals surface area contributed by atoms with Crippen molar-refractivity contribution in [2.24, 2.45) is 0 Å². The van der Waals surface area contributed by atoms with Gasteiger partial charge in [0.1, 0.15) is 5.76 Å². The van der Waals surface area contributed by atoms with Crippen molar-refractivity contribution in [3.05, 3.63) is 28.9 Å². The minimum absolute atomic E-state index is 0.0631. The first-order valence-corrected chi connectivity index (χ1v) is 10.5. The van der Waals surface area contributed by atoms with Crippen molar-refractivity contribution in [1.29, 1.82) is 0 Å². The molecule has 30 heavy (non-hydrogen) atoms. The molecule has 0 aromatic carbocycles. The van der Waals surface area contributed by atoms with E-state index in [1.165, 1.54) is 30.6 Å². The van der Waals surface area contributed by atoms with Gasteiger partial charge in [-0.15, -0.1) is 0 Å². The molecule has 1 aliphatic rings. The van der Waals surface area contributed by atoms with Gasteiger partial charge in [0.05, 0.1) is 6.20 Å². The quantitative estimate of drug-likeness (QED) is 0.512. The van der Waals surface area contributed by atoms with Crippen molar-refractivity contribution < 1.29 is 24.2 Å². The maximum absolute atomic E-state index is 12.1. The van der Waals surface area contributed by atoms with Crippen LogP contribution in [0.3, 0.4) is 0 Å². The molecule has 0 saturated heterocycles. The smallest absolute Gasteiger partial charge is 0.450 e. The molecule has 0 atom stereocenters. The van der Waals surface area contributed by atoms with E-state index in [9.17, 15) is 4.79 Å². The fourth-order valence-corrected chi connectivity index (χ4v) is 3.57. The van der Waals surface area contributed by atoms with Crippen molar-refractivity contribution in [2.45, 2.75) is 64.3 Å². The molecule has 2 amide bonds. The first-order chi connectivity index (χ1) is 14.1. The number of thiazole rings is 1. The number of amides is 2. The number of hydrogen-bond donors (Lipinski definition) is 4. The van der Waals surface area contributed by atoms with Crippen LogP contribution in [0.4, 0.5) is 14.7 Å². The summed E-state index contributed by atoms with van der Waals surface area (Å²) in [4.78, 5) is 30.1. The lowest BCUT2D eigenvalue weighted by Crippen LogP contribution is -2.38. The largest absolute Gasteiger partial charge is 0.503 e. The van der Waals surface area contributed by atoms with Crippen LogP contribution < -0.4 is 10.6 Å². The molecule has 1 saturated carbocycles. The summed E-state index contributed by atoms with van der Waals surface area (Å²) in [7, 11) is 0. The van der Waals surface area contributed by atoms with Crippen LogP contribution in [0.5, 0.6) is 0 Å². The molecule has 164 valence electrons. The standard InChI is InChI=1S/C19H26N4O2S.CH2O3/c1-19(2,3)15-12-20-16(25-15)10-9-14-11-21-18(26-14)23-17(24)22-13-7-5-4-6-8-13;2-1(3)4/h9-13H,4-8H2,1-3H3,(H2,21,22,23,24);(H2,2,3,4)/b10-9+;. The Labute approximate surface area is 179 Å². The van der Waals surface area contributed by atoms with Crippen LogP contribution in [0, 0.1) is 0 Å². The number of hydrogen-bond acceptors (Lipinski definition) is 6. The molecule has 3 rings (SSSR count). The van der Waals surface area contributed by atoms with Gasteiger partial charge in [0.25, 0.3) is 0 Å². The van der Waals surface area contributed by atoms with Gasteiger partial charge in [-0.25, -0.2) is 19.6 Å². The Balaban J connectivity index is 0.000000735. The molecule has 1 aliphatic carbocycles. The van der Waals surface area contributed by atoms with Crippen molar-refractivity contribution in [2.75, 3.05) is 5.32 Å². The zero-order chi connectivity index (χ0) is 22.1. The molecule has 4 N–H and O–H groups in total. The molecule has 9 nitrogen and oxygen atoms in total. The van der Waals surface area contributed by atoms with Gasteiger partial charge in [0.2, 0.25) is 5.89 Å². The summed E-state index contributed by atoms with van der Waals surface area (Å²) in [6.07, 6.45) is 11.1. The molecular weight excluding hydrogens is 408 g/mol. The molecule has 0 bridgehead atoms. The van der Waals surface area contributed by atoms with Crippen LogP contribution in [0.15, 0.2) is 16.8 Å². The van der Waals surface area contributed by atoms with E-state index in [-0.39, 0.29) is 17.5 Å². The Morgan fingerprint density at radius 3 is 2.40 bits per heavy atom. The molecule has 2 aromatic heterocycles. The summed E-state index contributed by atoms with van der Waals surface area (Å²) in [5.74, 6) is 1.41. The number of carboxylic acid groups (broad SMARTS) is 2. The number of nitrogens with zero attached hydrogens (tertiary/aromatic N) is 2. The van der Waals surface area contributed by atoms with Crippen molar-refractivity contribution in [3.63, 3.8) is 0 Å². The number of carbonyl (C=O) groups excluding carboxylic acids is 1. The number of aromatic nitrogens is 2. The summed E-state index contributed by atoms with van der Waals surface area (Å²) >= 11 is 1.42. The SMILES string of the molecule is CC(C)(C)c1cnc(/C=C/c2cnc(NC(=O)NC3CCCCC3)s2)o1.O=C(O)O. The maximum Gasteiger partial charge on any atom is 0.503 e. The number of urea groups is 1. The van der Waals surface area contributed by atoms with E-state index in [0.29, 0.717) is 11.0 Å². The predicted molar refractivity (Wildman–Crippen MR) is 116 cm³/mol. The lowest BCUT2D eigenvalue weighted by Gasteiger charge is -2.22. The first-order valence-electron chi connectivity index (χ1n) is 9.73. The summed E-state index contributed by atoms with van der Waals surface area (Å²) in [5.41, 5.74) is -0.0631. The van der Waals surface area contributed by atoms with Gasteiger partial charge in [0, 0.05) is 28.6 Å². The van der Waals surface area contributed by atoms with Gasteiger partial charge in [0.15, 0.2) is 5.13 Å². The molecule has 1 fully saturated rings. The number of carbonyl (C=O) groups is 2. The van der Waals surface area contributed by atoms with Gasteiger partial charge < -0.3 is 19.9 Å². The predicted octanol–water partition coefficient (Wildman–Crippen LogP) is 5.28. The van der Waals surface area contributed by atoms with Crippen LogP contribution >= 0.6 is 11.3 Å². The average Bonchev–Trinajstić information content (AvgIpc) is 3.29. The van der Waals surface area contributed by atoms with Crippen molar-refractivity contribution in [1.82, 2.24) is 15.3 Å². The zero-order valence-corrected chi connectivity index (χ0v) is 18.2. The Bertz CT molecular complexity index is 859. The third-order valence-corrected chi connectivity index (χ3v) is 5.22. The Hall–Kier alpha value is -2.88. The molecule has 0 aliphatic heterocycles. The molecular formula is C20H28N4O5S. The second-order valence-electron chi connectivity index (χ2n) is 7.93. The van der Waals surface area contributed by atoms with E-state index < -0.39 is 6.16 Å². The normalized spacial score (nSPS) is 14.8. The topological polar surface area (TPSA) is 138 Å². The first kappa shape index (κ1) is 23.4. The highest BCUT2D eigenvalue weighted by Crippen LogP contribution is 2.24. The van der Waals surface area contributed by atoms with Crippen LogP contribution in [0.25, 0.3) is 12.2 Å². The Morgan fingerprint density at radius 2 is 1.80 bits per heavy atom. The third kappa shape index (κ3) is 8.24. The van der Waals surface area contributed by atoms with E-state index in [2.05, 4.69) is 41.4 Å². The van der Waals surface area contributed by atoms with E-state index in [1.54, 1.807) is 12.4 Å². The van der Waals surface area contributed by atoms with Gasteiger partial charge in [-0.2, -0.15) is 0 Å². The fraction of sp³-hybridized carbons (Fsp3) is 0.500.